The van der Waals surface area contributed by atoms with Gasteiger partial charge in [-0.1, -0.05) is 19.8 Å². The van der Waals surface area contributed by atoms with Gasteiger partial charge in [0.1, 0.15) is 5.56 Å². The van der Waals surface area contributed by atoms with Crippen molar-refractivity contribution < 1.29 is 14.3 Å². The summed E-state index contributed by atoms with van der Waals surface area (Å²) < 4.78 is 6.65. The predicted octanol–water partition coefficient (Wildman–Crippen LogP) is 1.58. The number of esters is 1. The molecule has 21 heavy (non-hydrogen) atoms. The number of aryl methyl sites for hydroxylation is 1. The molecule has 0 spiro atoms. The van der Waals surface area contributed by atoms with E-state index in [2.05, 4.69) is 17.3 Å². The van der Waals surface area contributed by atoms with E-state index in [4.69, 9.17) is 4.74 Å². The molecule has 1 aliphatic rings. The van der Waals surface area contributed by atoms with Crippen LogP contribution in [-0.4, -0.2) is 34.3 Å². The maximum Gasteiger partial charge on any atom is 0.342 e. The lowest BCUT2D eigenvalue weighted by molar-refractivity contribution is -0.125. The second-order valence-electron chi connectivity index (χ2n) is 5.78. The highest BCUT2D eigenvalue weighted by Crippen LogP contribution is 2.23. The summed E-state index contributed by atoms with van der Waals surface area (Å²) in [4.78, 5) is 23.8. The molecular formula is C15H23N3O3. The number of nitrogens with one attached hydrogen (secondary N) is 1. The van der Waals surface area contributed by atoms with Crippen LogP contribution < -0.4 is 5.32 Å². The Morgan fingerprint density at radius 2 is 2.14 bits per heavy atom. The second kappa shape index (κ2) is 6.74. The summed E-state index contributed by atoms with van der Waals surface area (Å²) in [6.07, 6.45) is 5.97. The molecule has 1 heterocycles. The highest BCUT2D eigenvalue weighted by atomic mass is 16.5. The zero-order chi connectivity index (χ0) is 15.4. The lowest BCUT2D eigenvalue weighted by atomic mass is 9.86. The molecule has 1 aromatic rings. The Morgan fingerprint density at radius 3 is 2.76 bits per heavy atom. The summed E-state index contributed by atoms with van der Waals surface area (Å²) in [5.74, 6) is -0.255. The number of hydrogen-bond acceptors (Lipinski definition) is 4. The molecule has 6 nitrogen and oxygen atoms in total. The van der Waals surface area contributed by atoms with Gasteiger partial charge >= 0.3 is 5.97 Å². The first-order chi connectivity index (χ1) is 9.99. The van der Waals surface area contributed by atoms with Crippen molar-refractivity contribution in [2.24, 2.45) is 13.0 Å². The van der Waals surface area contributed by atoms with E-state index >= 15 is 0 Å². The van der Waals surface area contributed by atoms with E-state index in [0.717, 1.165) is 25.0 Å². The molecule has 1 aliphatic carbocycles. The monoisotopic (exact) mass is 293 g/mol. The van der Waals surface area contributed by atoms with Crippen molar-refractivity contribution in [2.75, 3.05) is 6.61 Å². The predicted molar refractivity (Wildman–Crippen MR) is 77.8 cm³/mol. The van der Waals surface area contributed by atoms with Crippen molar-refractivity contribution in [3.05, 3.63) is 17.5 Å². The summed E-state index contributed by atoms with van der Waals surface area (Å²) in [5.41, 5.74) is 1.12. The third kappa shape index (κ3) is 3.83. The Labute approximate surface area is 124 Å². The number of ether oxygens (including phenoxy) is 1. The number of rotatable bonds is 4. The van der Waals surface area contributed by atoms with Gasteiger partial charge in [0.25, 0.3) is 5.91 Å². The van der Waals surface area contributed by atoms with E-state index in [-0.39, 0.29) is 18.6 Å². The van der Waals surface area contributed by atoms with E-state index in [1.807, 2.05) is 0 Å². The summed E-state index contributed by atoms with van der Waals surface area (Å²) in [6, 6.07) is 0.199. The van der Waals surface area contributed by atoms with Gasteiger partial charge in [-0.2, -0.15) is 5.10 Å². The number of carbonyl (C=O) groups is 2. The van der Waals surface area contributed by atoms with Crippen LogP contribution in [0, 0.1) is 12.8 Å². The van der Waals surface area contributed by atoms with Gasteiger partial charge in [-0.25, -0.2) is 4.79 Å². The molecule has 1 fully saturated rings. The van der Waals surface area contributed by atoms with Crippen molar-refractivity contribution in [3.63, 3.8) is 0 Å². The third-order valence-electron chi connectivity index (χ3n) is 4.25. The SMILES string of the molecule is Cc1c(C(=O)OCC(=O)N[C@H]2CCCC[C@H]2C)cnn1C. The van der Waals surface area contributed by atoms with E-state index in [1.165, 1.54) is 12.6 Å². The largest absolute Gasteiger partial charge is 0.452 e. The minimum absolute atomic E-state index is 0.199. The topological polar surface area (TPSA) is 73.2 Å². The Morgan fingerprint density at radius 1 is 1.43 bits per heavy atom. The fourth-order valence-corrected chi connectivity index (χ4v) is 2.69. The van der Waals surface area contributed by atoms with Gasteiger partial charge in [-0.15, -0.1) is 0 Å². The second-order valence-corrected chi connectivity index (χ2v) is 5.78. The molecule has 2 atom stereocenters. The van der Waals surface area contributed by atoms with E-state index < -0.39 is 5.97 Å². The van der Waals surface area contributed by atoms with Gasteiger partial charge < -0.3 is 10.1 Å². The van der Waals surface area contributed by atoms with Crippen LogP contribution in [0.3, 0.4) is 0 Å². The lowest BCUT2D eigenvalue weighted by Crippen LogP contribution is -2.42. The van der Waals surface area contributed by atoms with Gasteiger partial charge in [0.2, 0.25) is 0 Å². The molecule has 2 rings (SSSR count). The molecule has 0 saturated heterocycles. The zero-order valence-corrected chi connectivity index (χ0v) is 12.9. The van der Waals surface area contributed by atoms with E-state index in [0.29, 0.717) is 11.5 Å². The Kier molecular flexibility index (Phi) is 4.98. The highest BCUT2D eigenvalue weighted by molar-refractivity contribution is 5.92. The summed E-state index contributed by atoms with van der Waals surface area (Å²) in [6.45, 7) is 3.69. The Hall–Kier alpha value is -1.85. The first kappa shape index (κ1) is 15.5. The van der Waals surface area contributed by atoms with Crippen LogP contribution in [-0.2, 0) is 16.6 Å². The quantitative estimate of drug-likeness (QED) is 0.855. The minimum atomic E-state index is -0.507. The molecule has 0 radical (unpaired) electrons. The number of amides is 1. The molecule has 0 aromatic carbocycles. The average Bonchev–Trinajstić information content (AvgIpc) is 2.79. The molecule has 0 aliphatic heterocycles. The Balaban J connectivity index is 1.81. The minimum Gasteiger partial charge on any atom is -0.452 e. The smallest absolute Gasteiger partial charge is 0.342 e. The molecule has 1 aromatic heterocycles. The van der Waals surface area contributed by atoms with Gasteiger partial charge in [0.05, 0.1) is 6.20 Å². The molecule has 0 unspecified atom stereocenters. The van der Waals surface area contributed by atoms with Gasteiger partial charge in [-0.05, 0) is 25.7 Å². The van der Waals surface area contributed by atoms with Crippen LogP contribution in [0.2, 0.25) is 0 Å². The molecule has 1 saturated carbocycles. The molecule has 6 heteroatoms. The number of carbonyl (C=O) groups excluding carboxylic acids is 2. The lowest BCUT2D eigenvalue weighted by Gasteiger charge is -2.29. The maximum absolute atomic E-state index is 11.9. The fourth-order valence-electron chi connectivity index (χ4n) is 2.69. The molecule has 1 amide bonds. The summed E-state index contributed by atoms with van der Waals surface area (Å²) in [5, 5.41) is 6.94. The van der Waals surface area contributed by atoms with Crippen LogP contribution in [0.4, 0.5) is 0 Å². The van der Waals surface area contributed by atoms with Gasteiger partial charge in [-0.3, -0.25) is 9.48 Å². The van der Waals surface area contributed by atoms with Crippen molar-refractivity contribution >= 4 is 11.9 Å². The van der Waals surface area contributed by atoms with Crippen LogP contribution in [0.15, 0.2) is 6.20 Å². The van der Waals surface area contributed by atoms with Crippen molar-refractivity contribution in [2.45, 2.75) is 45.6 Å². The van der Waals surface area contributed by atoms with Crippen molar-refractivity contribution in [1.82, 2.24) is 15.1 Å². The normalized spacial score (nSPS) is 21.9. The maximum atomic E-state index is 11.9. The first-order valence-corrected chi connectivity index (χ1v) is 7.44. The molecular weight excluding hydrogens is 270 g/mol. The highest BCUT2D eigenvalue weighted by Gasteiger charge is 2.23. The van der Waals surface area contributed by atoms with Crippen LogP contribution in [0.1, 0.15) is 48.7 Å². The standard InChI is InChI=1S/C15H23N3O3/c1-10-6-4-5-7-13(10)17-14(19)9-21-15(20)12-8-16-18(3)11(12)2/h8,10,13H,4-7,9H2,1-3H3,(H,17,19)/t10-,13+/m1/s1. The van der Waals surface area contributed by atoms with Gasteiger partial charge in [0, 0.05) is 18.8 Å². The molecule has 116 valence electrons. The van der Waals surface area contributed by atoms with Crippen LogP contribution >= 0.6 is 0 Å². The van der Waals surface area contributed by atoms with E-state index in [9.17, 15) is 9.59 Å². The number of nitrogens with zero attached hydrogens (tertiary/aromatic N) is 2. The number of hydrogen-bond donors (Lipinski definition) is 1. The fraction of sp³-hybridized carbons (Fsp3) is 0.667. The third-order valence-corrected chi connectivity index (χ3v) is 4.25. The zero-order valence-electron chi connectivity index (χ0n) is 12.9. The Bertz CT molecular complexity index is 524. The van der Waals surface area contributed by atoms with E-state index in [1.54, 1.807) is 18.7 Å². The average molecular weight is 293 g/mol. The number of aromatic nitrogens is 2. The van der Waals surface area contributed by atoms with Crippen LogP contribution in [0.25, 0.3) is 0 Å². The van der Waals surface area contributed by atoms with Crippen molar-refractivity contribution in [3.8, 4) is 0 Å². The van der Waals surface area contributed by atoms with Gasteiger partial charge in [0.15, 0.2) is 6.61 Å². The summed E-state index contributed by atoms with van der Waals surface area (Å²) >= 11 is 0. The van der Waals surface area contributed by atoms with Crippen molar-refractivity contribution in [1.29, 1.82) is 0 Å². The molecule has 1 N–H and O–H groups in total. The molecule has 0 bridgehead atoms. The first-order valence-electron chi connectivity index (χ1n) is 7.44. The van der Waals surface area contributed by atoms with Crippen LogP contribution in [0.5, 0.6) is 0 Å². The summed E-state index contributed by atoms with van der Waals surface area (Å²) in [7, 11) is 1.75.